The predicted molar refractivity (Wildman–Crippen MR) is 103 cm³/mol. The van der Waals surface area contributed by atoms with E-state index >= 15 is 0 Å². The molecule has 0 aliphatic rings. The molecule has 2 aromatic rings. The molecule has 8 heteroatoms. The van der Waals surface area contributed by atoms with Gasteiger partial charge in [0.25, 0.3) is 0 Å². The number of nitrogens with zero attached hydrogens (tertiary/aromatic N) is 2. The minimum atomic E-state index is -4.31. The molecule has 0 atom stereocenters. The molecule has 2 rings (SSSR count). The molecule has 0 amide bonds. The molecule has 0 fully saturated rings. The van der Waals surface area contributed by atoms with Crippen molar-refractivity contribution < 1.29 is 13.2 Å². The van der Waals surface area contributed by atoms with Crippen molar-refractivity contribution in [2.24, 2.45) is 4.99 Å². The number of aromatic nitrogens is 1. The first kappa shape index (κ1) is 21.2. The fraction of sp³-hybridized carbons (Fsp3) is 0.294. The first-order valence-corrected chi connectivity index (χ1v) is 7.48. The van der Waals surface area contributed by atoms with Crippen LogP contribution in [0.3, 0.4) is 0 Å². The number of hydrogen-bond donors (Lipinski definition) is 2. The lowest BCUT2D eigenvalue weighted by Crippen LogP contribution is -2.37. The summed E-state index contributed by atoms with van der Waals surface area (Å²) < 4.78 is 37.6. The van der Waals surface area contributed by atoms with Gasteiger partial charge in [-0.25, -0.2) is 0 Å². The molecule has 1 heterocycles. The summed E-state index contributed by atoms with van der Waals surface area (Å²) in [4.78, 5) is 8.14. The average Bonchev–Trinajstić information content (AvgIpc) is 2.58. The zero-order valence-electron chi connectivity index (χ0n) is 13.7. The van der Waals surface area contributed by atoms with Crippen LogP contribution in [0.5, 0.6) is 0 Å². The molecular formula is C17H20F3IN4. The Morgan fingerprint density at radius 1 is 1.08 bits per heavy atom. The van der Waals surface area contributed by atoms with Crippen LogP contribution in [-0.2, 0) is 19.1 Å². The van der Waals surface area contributed by atoms with Gasteiger partial charge < -0.3 is 10.6 Å². The molecule has 0 aliphatic carbocycles. The number of aliphatic imine (C=N–C) groups is 1. The standard InChI is InChI=1S/C17H19F3N4.HI/c1-21-16(23-10-8-13-3-2-9-22-11-13)24-12-14-4-6-15(7-5-14)17(18,19)20;/h2-7,9,11H,8,10,12H2,1H3,(H2,21,23,24);1H. The number of pyridine rings is 1. The summed E-state index contributed by atoms with van der Waals surface area (Å²) >= 11 is 0. The lowest BCUT2D eigenvalue weighted by molar-refractivity contribution is -0.137. The van der Waals surface area contributed by atoms with Crippen LogP contribution < -0.4 is 10.6 Å². The van der Waals surface area contributed by atoms with Crippen LogP contribution in [-0.4, -0.2) is 24.5 Å². The lowest BCUT2D eigenvalue weighted by atomic mass is 10.1. The van der Waals surface area contributed by atoms with Gasteiger partial charge in [0.1, 0.15) is 0 Å². The van der Waals surface area contributed by atoms with E-state index < -0.39 is 11.7 Å². The Labute approximate surface area is 162 Å². The highest BCUT2D eigenvalue weighted by Crippen LogP contribution is 2.28. The quantitative estimate of drug-likeness (QED) is 0.404. The van der Waals surface area contributed by atoms with Crippen molar-refractivity contribution in [1.82, 2.24) is 15.6 Å². The number of nitrogens with one attached hydrogen (secondary N) is 2. The van der Waals surface area contributed by atoms with Gasteiger partial charge in [0.2, 0.25) is 0 Å². The van der Waals surface area contributed by atoms with E-state index in [9.17, 15) is 13.2 Å². The third-order valence-electron chi connectivity index (χ3n) is 3.39. The molecule has 0 aliphatic heterocycles. The van der Waals surface area contributed by atoms with Crippen molar-refractivity contribution >= 4 is 29.9 Å². The second-order valence-corrected chi connectivity index (χ2v) is 5.16. The van der Waals surface area contributed by atoms with Gasteiger partial charge in [-0.2, -0.15) is 13.2 Å². The second-order valence-electron chi connectivity index (χ2n) is 5.16. The van der Waals surface area contributed by atoms with Gasteiger partial charge in [0, 0.05) is 32.5 Å². The molecule has 2 N–H and O–H groups in total. The van der Waals surface area contributed by atoms with Crippen molar-refractivity contribution in [3.05, 3.63) is 65.5 Å². The summed E-state index contributed by atoms with van der Waals surface area (Å²) in [5.41, 5.74) is 1.21. The van der Waals surface area contributed by atoms with E-state index in [1.807, 2.05) is 12.1 Å². The summed E-state index contributed by atoms with van der Waals surface area (Å²) in [5.74, 6) is 0.596. The Kier molecular flexibility index (Phi) is 8.67. The van der Waals surface area contributed by atoms with E-state index in [2.05, 4.69) is 20.6 Å². The van der Waals surface area contributed by atoms with Crippen LogP contribution in [0.1, 0.15) is 16.7 Å². The van der Waals surface area contributed by atoms with E-state index in [0.29, 0.717) is 19.0 Å². The number of hydrogen-bond acceptors (Lipinski definition) is 2. The third kappa shape index (κ3) is 7.29. The van der Waals surface area contributed by atoms with E-state index in [1.54, 1.807) is 19.4 Å². The van der Waals surface area contributed by atoms with Crippen LogP contribution >= 0.6 is 24.0 Å². The van der Waals surface area contributed by atoms with Crippen molar-refractivity contribution in [3.63, 3.8) is 0 Å². The third-order valence-corrected chi connectivity index (χ3v) is 3.39. The topological polar surface area (TPSA) is 49.3 Å². The van der Waals surface area contributed by atoms with E-state index in [-0.39, 0.29) is 24.0 Å². The normalized spacial score (nSPS) is 11.6. The average molecular weight is 464 g/mol. The Balaban J connectivity index is 0.00000312. The molecule has 4 nitrogen and oxygen atoms in total. The summed E-state index contributed by atoms with van der Waals surface area (Å²) in [6, 6.07) is 8.95. The van der Waals surface area contributed by atoms with Gasteiger partial charge in [-0.1, -0.05) is 18.2 Å². The van der Waals surface area contributed by atoms with Gasteiger partial charge in [0.05, 0.1) is 5.56 Å². The smallest absolute Gasteiger partial charge is 0.356 e. The Morgan fingerprint density at radius 3 is 2.36 bits per heavy atom. The van der Waals surface area contributed by atoms with Crippen molar-refractivity contribution in [3.8, 4) is 0 Å². The molecule has 25 heavy (non-hydrogen) atoms. The van der Waals surface area contributed by atoms with Crippen LogP contribution in [0, 0.1) is 0 Å². The Bertz CT molecular complexity index is 658. The van der Waals surface area contributed by atoms with Gasteiger partial charge in [-0.05, 0) is 35.7 Å². The van der Waals surface area contributed by atoms with Gasteiger partial charge in [-0.15, -0.1) is 24.0 Å². The maximum atomic E-state index is 12.5. The molecule has 0 radical (unpaired) electrons. The van der Waals surface area contributed by atoms with E-state index in [1.165, 1.54) is 12.1 Å². The minimum Gasteiger partial charge on any atom is -0.356 e. The highest BCUT2D eigenvalue weighted by Gasteiger charge is 2.29. The Morgan fingerprint density at radius 2 is 1.80 bits per heavy atom. The number of benzene rings is 1. The SMILES string of the molecule is CN=C(NCCc1cccnc1)NCc1ccc(C(F)(F)F)cc1.I. The molecule has 136 valence electrons. The first-order chi connectivity index (χ1) is 11.5. The largest absolute Gasteiger partial charge is 0.416 e. The summed E-state index contributed by atoms with van der Waals surface area (Å²) in [6.45, 7) is 1.07. The van der Waals surface area contributed by atoms with Crippen molar-refractivity contribution in [1.29, 1.82) is 0 Å². The Hall–Kier alpha value is -1.84. The van der Waals surface area contributed by atoms with Gasteiger partial charge in [-0.3, -0.25) is 9.98 Å². The number of halogens is 4. The number of alkyl halides is 3. The summed E-state index contributed by atoms with van der Waals surface area (Å²) in [6.07, 6.45) is 0.0201. The molecule has 1 aromatic carbocycles. The van der Waals surface area contributed by atoms with E-state index in [0.717, 1.165) is 29.7 Å². The molecule has 0 saturated heterocycles. The molecule has 0 unspecified atom stereocenters. The van der Waals surface area contributed by atoms with Crippen LogP contribution in [0.2, 0.25) is 0 Å². The van der Waals surface area contributed by atoms with Crippen LogP contribution in [0.4, 0.5) is 13.2 Å². The molecule has 0 saturated carbocycles. The van der Waals surface area contributed by atoms with Crippen molar-refractivity contribution in [2.45, 2.75) is 19.1 Å². The molecule has 0 bridgehead atoms. The number of guanidine groups is 1. The summed E-state index contributed by atoms with van der Waals surface area (Å²) in [7, 11) is 1.64. The monoisotopic (exact) mass is 464 g/mol. The zero-order valence-corrected chi connectivity index (χ0v) is 16.0. The highest BCUT2D eigenvalue weighted by atomic mass is 127. The lowest BCUT2D eigenvalue weighted by Gasteiger charge is -2.12. The van der Waals surface area contributed by atoms with Gasteiger partial charge in [0.15, 0.2) is 5.96 Å². The fourth-order valence-electron chi connectivity index (χ4n) is 2.09. The molecular weight excluding hydrogens is 444 g/mol. The van der Waals surface area contributed by atoms with E-state index in [4.69, 9.17) is 0 Å². The minimum absolute atomic E-state index is 0. The molecule has 1 aromatic heterocycles. The maximum Gasteiger partial charge on any atom is 0.416 e. The van der Waals surface area contributed by atoms with Crippen LogP contribution in [0.15, 0.2) is 53.8 Å². The van der Waals surface area contributed by atoms with Gasteiger partial charge >= 0.3 is 6.18 Å². The second kappa shape index (κ2) is 10.2. The molecule has 0 spiro atoms. The van der Waals surface area contributed by atoms with Crippen molar-refractivity contribution in [2.75, 3.05) is 13.6 Å². The fourth-order valence-corrected chi connectivity index (χ4v) is 2.09. The van der Waals surface area contributed by atoms with Crippen LogP contribution in [0.25, 0.3) is 0 Å². The summed E-state index contributed by atoms with van der Waals surface area (Å²) in [5, 5.41) is 6.23. The number of rotatable bonds is 5. The predicted octanol–water partition coefficient (Wildman–Crippen LogP) is 3.63. The maximum absolute atomic E-state index is 12.5. The first-order valence-electron chi connectivity index (χ1n) is 7.48. The highest BCUT2D eigenvalue weighted by molar-refractivity contribution is 14.0. The zero-order chi connectivity index (χ0) is 17.4.